The monoisotopic (exact) mass is 336 g/mol. The van der Waals surface area contributed by atoms with E-state index in [1.165, 1.54) is 70.6 Å². The van der Waals surface area contributed by atoms with Gasteiger partial charge < -0.3 is 0 Å². The van der Waals surface area contributed by atoms with E-state index in [2.05, 4.69) is 20.8 Å². The fourth-order valence-corrected chi connectivity index (χ4v) is 5.81. The second kappa shape index (κ2) is 13.2. The first-order chi connectivity index (χ1) is 11.8. The van der Waals surface area contributed by atoms with Crippen LogP contribution in [0.5, 0.6) is 0 Å². The van der Waals surface area contributed by atoms with Crippen molar-refractivity contribution in [2.45, 2.75) is 125 Å². The van der Waals surface area contributed by atoms with Crippen LogP contribution in [0.15, 0.2) is 0 Å². The Kier molecular flexibility index (Phi) is 12.2. The Bertz CT molecular complexity index is 270. The smallest absolute Gasteiger partial charge is 0.0355 e. The molecule has 3 aliphatic carbocycles. The highest BCUT2D eigenvalue weighted by molar-refractivity contribution is 4.86. The summed E-state index contributed by atoms with van der Waals surface area (Å²) in [5, 5.41) is 0. The van der Waals surface area contributed by atoms with E-state index in [1.54, 1.807) is 19.3 Å². The molecule has 3 unspecified atom stereocenters. The summed E-state index contributed by atoms with van der Waals surface area (Å²) in [7, 11) is 0. The quantitative estimate of drug-likeness (QED) is 0.483. The highest BCUT2D eigenvalue weighted by Gasteiger charge is 2.35. The van der Waals surface area contributed by atoms with Gasteiger partial charge in [0, 0.05) is 0 Å². The van der Waals surface area contributed by atoms with Gasteiger partial charge in [-0.2, -0.15) is 0 Å². The fraction of sp³-hybridized carbons (Fsp3) is 1.00. The first kappa shape index (κ1) is 22.0. The molecule has 0 heteroatoms. The molecule has 3 fully saturated rings. The minimum absolute atomic E-state index is 1.05. The van der Waals surface area contributed by atoms with Gasteiger partial charge in [0.15, 0.2) is 0 Å². The third-order valence-electron chi connectivity index (χ3n) is 7.16. The van der Waals surface area contributed by atoms with Crippen LogP contribution in [0.25, 0.3) is 0 Å². The minimum Gasteiger partial charge on any atom is -0.0683 e. The molecule has 0 nitrogen and oxygen atoms in total. The third kappa shape index (κ3) is 7.09. The molecule has 0 heterocycles. The lowest BCUT2D eigenvalue weighted by molar-refractivity contribution is 0.0747. The summed E-state index contributed by atoms with van der Waals surface area (Å²) in [6.45, 7) is 11.2. The molecule has 3 atom stereocenters. The van der Waals surface area contributed by atoms with E-state index in [4.69, 9.17) is 0 Å². The maximum Gasteiger partial charge on any atom is -0.0355 e. The van der Waals surface area contributed by atoms with Crippen LogP contribution in [0, 0.1) is 29.6 Å². The van der Waals surface area contributed by atoms with Crippen molar-refractivity contribution in [2.24, 2.45) is 29.6 Å². The Hall–Kier alpha value is 0. The van der Waals surface area contributed by atoms with Crippen LogP contribution in [0.2, 0.25) is 0 Å². The first-order valence-corrected chi connectivity index (χ1v) is 11.8. The van der Waals surface area contributed by atoms with Crippen molar-refractivity contribution in [3.8, 4) is 0 Å². The van der Waals surface area contributed by atoms with Crippen LogP contribution in [-0.4, -0.2) is 0 Å². The summed E-state index contributed by atoms with van der Waals surface area (Å²) in [4.78, 5) is 0. The summed E-state index contributed by atoms with van der Waals surface area (Å²) in [6.07, 6.45) is 21.1. The second-order valence-electron chi connectivity index (χ2n) is 8.62. The van der Waals surface area contributed by atoms with Gasteiger partial charge in [0.2, 0.25) is 0 Å². The van der Waals surface area contributed by atoms with Crippen LogP contribution < -0.4 is 0 Å². The number of rotatable bonds is 3. The van der Waals surface area contributed by atoms with Gasteiger partial charge >= 0.3 is 0 Å². The zero-order valence-corrected chi connectivity index (χ0v) is 17.8. The molecule has 0 aromatic carbocycles. The first-order valence-electron chi connectivity index (χ1n) is 11.8. The molecule has 0 radical (unpaired) electrons. The molecular formula is C24H48. The van der Waals surface area contributed by atoms with Gasteiger partial charge in [0.1, 0.15) is 0 Å². The molecule has 0 saturated heterocycles. The SMILES string of the molecule is CC.CC1CCCC1.CCC1CCCC(C2CCCCC2)C1CC. The molecule has 3 rings (SSSR count). The Balaban J connectivity index is 0.000000300. The summed E-state index contributed by atoms with van der Waals surface area (Å²) in [5.74, 6) is 5.38. The zero-order valence-electron chi connectivity index (χ0n) is 17.8. The number of hydrogen-bond donors (Lipinski definition) is 0. The van der Waals surface area contributed by atoms with E-state index in [0.29, 0.717) is 0 Å². The summed E-state index contributed by atoms with van der Waals surface area (Å²) in [5.41, 5.74) is 0. The molecule has 0 aromatic rings. The van der Waals surface area contributed by atoms with Crippen LogP contribution in [0.4, 0.5) is 0 Å². The molecule has 0 N–H and O–H groups in total. The molecule has 144 valence electrons. The molecule has 0 bridgehead atoms. The average Bonchev–Trinajstić information content (AvgIpc) is 3.14. The highest BCUT2D eigenvalue weighted by Crippen LogP contribution is 2.46. The van der Waals surface area contributed by atoms with Crippen molar-refractivity contribution in [1.82, 2.24) is 0 Å². The van der Waals surface area contributed by atoms with Crippen molar-refractivity contribution in [1.29, 1.82) is 0 Å². The Morgan fingerprint density at radius 2 is 1.21 bits per heavy atom. The van der Waals surface area contributed by atoms with Gasteiger partial charge in [0.25, 0.3) is 0 Å². The van der Waals surface area contributed by atoms with E-state index < -0.39 is 0 Å². The van der Waals surface area contributed by atoms with Crippen molar-refractivity contribution in [3.05, 3.63) is 0 Å². The maximum atomic E-state index is 2.44. The van der Waals surface area contributed by atoms with Gasteiger partial charge in [-0.25, -0.2) is 0 Å². The van der Waals surface area contributed by atoms with E-state index in [9.17, 15) is 0 Å². The normalized spacial score (nSPS) is 31.6. The molecule has 3 saturated carbocycles. The summed E-state index contributed by atoms with van der Waals surface area (Å²) < 4.78 is 0. The molecule has 0 spiro atoms. The molecule has 0 aliphatic heterocycles. The van der Waals surface area contributed by atoms with Gasteiger partial charge in [-0.1, -0.05) is 118 Å². The molecule has 0 aromatic heterocycles. The topological polar surface area (TPSA) is 0 Å². The fourth-order valence-electron chi connectivity index (χ4n) is 5.81. The van der Waals surface area contributed by atoms with Gasteiger partial charge in [-0.05, 0) is 36.0 Å². The molecule has 24 heavy (non-hydrogen) atoms. The van der Waals surface area contributed by atoms with Crippen molar-refractivity contribution in [3.63, 3.8) is 0 Å². The second-order valence-corrected chi connectivity index (χ2v) is 8.62. The minimum atomic E-state index is 1.05. The lowest BCUT2D eigenvalue weighted by atomic mass is 9.63. The third-order valence-corrected chi connectivity index (χ3v) is 7.16. The maximum absolute atomic E-state index is 2.44. The molecule has 3 aliphatic rings. The van der Waals surface area contributed by atoms with Gasteiger partial charge in [0.05, 0.1) is 0 Å². The van der Waals surface area contributed by atoms with E-state index in [-0.39, 0.29) is 0 Å². The number of hydrogen-bond acceptors (Lipinski definition) is 0. The van der Waals surface area contributed by atoms with E-state index >= 15 is 0 Å². The average molecular weight is 337 g/mol. The Morgan fingerprint density at radius 1 is 0.625 bits per heavy atom. The van der Waals surface area contributed by atoms with Crippen molar-refractivity contribution >= 4 is 0 Å². The predicted molar refractivity (Wildman–Crippen MR) is 110 cm³/mol. The van der Waals surface area contributed by atoms with Gasteiger partial charge in [-0.3, -0.25) is 0 Å². The van der Waals surface area contributed by atoms with Crippen LogP contribution >= 0.6 is 0 Å². The van der Waals surface area contributed by atoms with Crippen LogP contribution in [0.1, 0.15) is 125 Å². The van der Waals surface area contributed by atoms with Crippen LogP contribution in [-0.2, 0) is 0 Å². The lowest BCUT2D eigenvalue weighted by Gasteiger charge is -2.43. The molecular weight excluding hydrogens is 288 g/mol. The van der Waals surface area contributed by atoms with Crippen LogP contribution in [0.3, 0.4) is 0 Å². The zero-order chi connectivity index (χ0) is 17.8. The molecule has 0 amide bonds. The Labute approximate surface area is 154 Å². The highest BCUT2D eigenvalue weighted by atomic mass is 14.4. The van der Waals surface area contributed by atoms with Gasteiger partial charge in [-0.15, -0.1) is 0 Å². The Morgan fingerprint density at radius 3 is 1.67 bits per heavy atom. The lowest BCUT2D eigenvalue weighted by Crippen LogP contribution is -2.33. The largest absolute Gasteiger partial charge is 0.0683 e. The predicted octanol–water partition coefficient (Wildman–Crippen LogP) is 8.64. The van der Waals surface area contributed by atoms with Crippen molar-refractivity contribution in [2.75, 3.05) is 0 Å². The standard InChI is InChI=1S/C16H30.C6H12.C2H6/c1-3-13-11-8-12-16(15(13)4-2)14-9-6-5-7-10-14;1-6-4-2-3-5-6;1-2/h13-16H,3-12H2,1-2H3;6H,2-5H2,1H3;1-2H3. The summed E-state index contributed by atoms with van der Waals surface area (Å²) >= 11 is 0. The summed E-state index contributed by atoms with van der Waals surface area (Å²) in [6, 6.07) is 0. The van der Waals surface area contributed by atoms with E-state index in [1.807, 2.05) is 13.8 Å². The van der Waals surface area contributed by atoms with E-state index in [0.717, 1.165) is 29.6 Å². The van der Waals surface area contributed by atoms with Crippen molar-refractivity contribution < 1.29 is 0 Å².